The number of benzene rings is 3. The predicted molar refractivity (Wildman–Crippen MR) is 116 cm³/mol. The molecule has 3 aromatic rings. The molecule has 5 rings (SSSR count). The SMILES string of the molecule is Cc1cc2c(cc1Nc1cccc(C(F)(F)F)c1)Cc1ccc(N3CCCC3)cc1-2. The van der Waals surface area contributed by atoms with Crippen LogP contribution in [0, 0.1) is 6.92 Å². The fourth-order valence-electron chi connectivity index (χ4n) is 4.56. The summed E-state index contributed by atoms with van der Waals surface area (Å²) in [5, 5.41) is 3.19. The summed E-state index contributed by atoms with van der Waals surface area (Å²) < 4.78 is 39.1. The van der Waals surface area contributed by atoms with Crippen molar-refractivity contribution >= 4 is 17.1 Å². The molecular weight excluding hydrogens is 385 g/mol. The number of alkyl halides is 3. The Bertz CT molecular complexity index is 1110. The van der Waals surface area contributed by atoms with Gasteiger partial charge in [0.15, 0.2) is 0 Å². The van der Waals surface area contributed by atoms with Crippen LogP contribution in [0.15, 0.2) is 54.6 Å². The standard InChI is InChI=1S/C25H23F3N2/c1-16-11-22-18(12-17-7-8-21(15-23(17)22)30-9-2-3-10-30)13-24(16)29-20-6-4-5-19(14-20)25(26,27)28/h4-8,11,13-15,29H,2-3,9-10,12H2,1H3. The van der Waals surface area contributed by atoms with Crippen LogP contribution in [0.2, 0.25) is 0 Å². The molecule has 3 aromatic carbocycles. The quantitative estimate of drug-likeness (QED) is 0.395. The van der Waals surface area contributed by atoms with Gasteiger partial charge in [0.2, 0.25) is 0 Å². The smallest absolute Gasteiger partial charge is 0.372 e. The number of nitrogens with zero attached hydrogens (tertiary/aromatic N) is 1. The van der Waals surface area contributed by atoms with Gasteiger partial charge in [0.25, 0.3) is 0 Å². The summed E-state index contributed by atoms with van der Waals surface area (Å²) in [5.41, 5.74) is 7.98. The highest BCUT2D eigenvalue weighted by molar-refractivity contribution is 5.83. The first-order chi connectivity index (χ1) is 14.4. The molecular formula is C25H23F3N2. The monoisotopic (exact) mass is 408 g/mol. The van der Waals surface area contributed by atoms with Gasteiger partial charge in [-0.1, -0.05) is 12.1 Å². The van der Waals surface area contributed by atoms with Gasteiger partial charge in [0, 0.05) is 30.2 Å². The van der Waals surface area contributed by atoms with Gasteiger partial charge in [0.1, 0.15) is 0 Å². The first-order valence-corrected chi connectivity index (χ1v) is 10.3. The molecule has 0 bridgehead atoms. The molecule has 0 radical (unpaired) electrons. The van der Waals surface area contributed by atoms with Crippen LogP contribution in [-0.4, -0.2) is 13.1 Å². The lowest BCUT2D eigenvalue weighted by molar-refractivity contribution is -0.137. The normalized spacial score (nSPS) is 15.3. The first-order valence-electron chi connectivity index (χ1n) is 10.3. The minimum atomic E-state index is -4.35. The zero-order valence-electron chi connectivity index (χ0n) is 16.8. The molecule has 2 aliphatic rings. The number of anilines is 3. The molecule has 1 heterocycles. The molecule has 1 saturated heterocycles. The van der Waals surface area contributed by atoms with E-state index in [2.05, 4.69) is 40.5 Å². The zero-order chi connectivity index (χ0) is 20.9. The molecule has 2 nitrogen and oxygen atoms in total. The van der Waals surface area contributed by atoms with Crippen molar-refractivity contribution in [2.75, 3.05) is 23.3 Å². The summed E-state index contributed by atoms with van der Waals surface area (Å²) in [6, 6.07) is 16.3. The highest BCUT2D eigenvalue weighted by Gasteiger charge is 2.30. The number of hydrogen-bond donors (Lipinski definition) is 1. The van der Waals surface area contributed by atoms with Crippen LogP contribution in [0.3, 0.4) is 0 Å². The topological polar surface area (TPSA) is 15.3 Å². The summed E-state index contributed by atoms with van der Waals surface area (Å²) in [5.74, 6) is 0. The number of rotatable bonds is 3. The summed E-state index contributed by atoms with van der Waals surface area (Å²) in [6.45, 7) is 4.23. The maximum absolute atomic E-state index is 13.0. The molecule has 154 valence electrons. The Morgan fingerprint density at radius 1 is 0.867 bits per heavy atom. The van der Waals surface area contributed by atoms with Gasteiger partial charge in [-0.15, -0.1) is 0 Å². The molecule has 1 fully saturated rings. The van der Waals surface area contributed by atoms with E-state index in [4.69, 9.17) is 0 Å². The molecule has 1 aliphatic heterocycles. The van der Waals surface area contributed by atoms with E-state index in [1.807, 2.05) is 6.92 Å². The maximum atomic E-state index is 13.0. The van der Waals surface area contributed by atoms with E-state index < -0.39 is 11.7 Å². The molecule has 0 aromatic heterocycles. The second kappa shape index (κ2) is 7.08. The van der Waals surface area contributed by atoms with Crippen molar-refractivity contribution in [1.82, 2.24) is 0 Å². The number of nitrogens with one attached hydrogen (secondary N) is 1. The van der Waals surface area contributed by atoms with E-state index in [0.29, 0.717) is 5.69 Å². The lowest BCUT2D eigenvalue weighted by Crippen LogP contribution is -2.17. The highest BCUT2D eigenvalue weighted by atomic mass is 19.4. The Morgan fingerprint density at radius 2 is 1.63 bits per heavy atom. The van der Waals surface area contributed by atoms with Gasteiger partial charge in [-0.3, -0.25) is 0 Å². The molecule has 30 heavy (non-hydrogen) atoms. The average Bonchev–Trinajstić information content (AvgIpc) is 3.35. The van der Waals surface area contributed by atoms with Gasteiger partial charge in [-0.25, -0.2) is 0 Å². The summed E-state index contributed by atoms with van der Waals surface area (Å²) in [6.07, 6.45) is -1.00. The number of hydrogen-bond acceptors (Lipinski definition) is 2. The summed E-state index contributed by atoms with van der Waals surface area (Å²) in [4.78, 5) is 2.44. The van der Waals surface area contributed by atoms with E-state index in [0.717, 1.165) is 42.9 Å². The van der Waals surface area contributed by atoms with Crippen LogP contribution >= 0.6 is 0 Å². The molecule has 1 N–H and O–H groups in total. The van der Waals surface area contributed by atoms with E-state index in [1.165, 1.54) is 46.8 Å². The minimum Gasteiger partial charge on any atom is -0.372 e. The molecule has 0 amide bonds. The molecule has 1 aliphatic carbocycles. The van der Waals surface area contributed by atoms with E-state index in [9.17, 15) is 13.2 Å². The molecule has 0 atom stereocenters. The highest BCUT2D eigenvalue weighted by Crippen LogP contribution is 2.42. The third-order valence-electron chi connectivity index (χ3n) is 6.15. The fourth-order valence-corrected chi connectivity index (χ4v) is 4.56. The van der Waals surface area contributed by atoms with Crippen LogP contribution in [0.25, 0.3) is 11.1 Å². The number of aryl methyl sites for hydroxylation is 1. The minimum absolute atomic E-state index is 0.444. The van der Waals surface area contributed by atoms with Gasteiger partial charge >= 0.3 is 6.18 Å². The third kappa shape index (κ3) is 3.42. The Labute approximate surface area is 174 Å². The molecule has 0 spiro atoms. The fraction of sp³-hybridized carbons (Fsp3) is 0.280. The summed E-state index contributed by atoms with van der Waals surface area (Å²) >= 11 is 0. The largest absolute Gasteiger partial charge is 0.416 e. The second-order valence-electron chi connectivity index (χ2n) is 8.24. The maximum Gasteiger partial charge on any atom is 0.416 e. The van der Waals surface area contributed by atoms with Crippen molar-refractivity contribution in [2.24, 2.45) is 0 Å². The number of fused-ring (bicyclic) bond motifs is 3. The van der Waals surface area contributed by atoms with Crippen molar-refractivity contribution in [2.45, 2.75) is 32.4 Å². The van der Waals surface area contributed by atoms with Gasteiger partial charge in [-0.05, 0) is 96.5 Å². The Kier molecular flexibility index (Phi) is 4.49. The van der Waals surface area contributed by atoms with Crippen molar-refractivity contribution < 1.29 is 13.2 Å². The van der Waals surface area contributed by atoms with Crippen LogP contribution < -0.4 is 10.2 Å². The molecule has 0 unspecified atom stereocenters. The van der Waals surface area contributed by atoms with Crippen LogP contribution in [0.5, 0.6) is 0 Å². The lowest BCUT2D eigenvalue weighted by atomic mass is 10.0. The van der Waals surface area contributed by atoms with Crippen LogP contribution in [-0.2, 0) is 12.6 Å². The van der Waals surface area contributed by atoms with Crippen molar-refractivity contribution in [3.05, 3.63) is 76.9 Å². The van der Waals surface area contributed by atoms with Crippen LogP contribution in [0.4, 0.5) is 30.2 Å². The first kappa shape index (κ1) is 19.0. The average molecular weight is 408 g/mol. The van der Waals surface area contributed by atoms with Crippen LogP contribution in [0.1, 0.15) is 35.1 Å². The van der Waals surface area contributed by atoms with Gasteiger partial charge < -0.3 is 10.2 Å². The second-order valence-corrected chi connectivity index (χ2v) is 8.24. The van der Waals surface area contributed by atoms with E-state index in [-0.39, 0.29) is 0 Å². The Balaban J connectivity index is 1.46. The zero-order valence-corrected chi connectivity index (χ0v) is 16.8. The van der Waals surface area contributed by atoms with E-state index in [1.54, 1.807) is 6.07 Å². The molecule has 0 saturated carbocycles. The van der Waals surface area contributed by atoms with Crippen molar-refractivity contribution in [3.8, 4) is 11.1 Å². The van der Waals surface area contributed by atoms with Crippen molar-refractivity contribution in [3.63, 3.8) is 0 Å². The van der Waals surface area contributed by atoms with Gasteiger partial charge in [-0.2, -0.15) is 13.2 Å². The third-order valence-corrected chi connectivity index (χ3v) is 6.15. The summed E-state index contributed by atoms with van der Waals surface area (Å²) in [7, 11) is 0. The van der Waals surface area contributed by atoms with Gasteiger partial charge in [0.05, 0.1) is 5.56 Å². The van der Waals surface area contributed by atoms with Crippen molar-refractivity contribution in [1.29, 1.82) is 0 Å². The Hall–Kier alpha value is -2.95. The van der Waals surface area contributed by atoms with E-state index >= 15 is 0 Å². The predicted octanol–water partition coefficient (Wildman–Crippen LogP) is 6.93. The Morgan fingerprint density at radius 3 is 2.40 bits per heavy atom. The molecule has 5 heteroatoms. The number of halogens is 3. The lowest BCUT2D eigenvalue weighted by Gasteiger charge is -2.19.